The molecule has 0 heterocycles. The number of allylic oxidation sites excluding steroid dienone is 1. The molecule has 2 aromatic carbocycles. The number of ether oxygens (including phenoxy) is 6. The molecule has 0 amide bonds. The van der Waals surface area contributed by atoms with Crippen molar-refractivity contribution in [2.45, 2.75) is 46.1 Å². The Morgan fingerprint density at radius 3 is 1.89 bits per heavy atom. The van der Waals surface area contributed by atoms with Gasteiger partial charge in [-0.1, -0.05) is 13.0 Å². The maximum absolute atomic E-state index is 12.6. The summed E-state index contributed by atoms with van der Waals surface area (Å²) >= 11 is 0. The molecule has 36 heavy (non-hydrogen) atoms. The van der Waals surface area contributed by atoms with Crippen LogP contribution in [0.5, 0.6) is 34.5 Å². The van der Waals surface area contributed by atoms with Crippen LogP contribution in [-0.4, -0.2) is 52.2 Å². The van der Waals surface area contributed by atoms with E-state index in [0.717, 1.165) is 11.1 Å². The van der Waals surface area contributed by atoms with Gasteiger partial charge in [-0.15, -0.1) is 0 Å². The number of benzene rings is 2. The van der Waals surface area contributed by atoms with E-state index < -0.39 is 11.6 Å². The van der Waals surface area contributed by atoms with Gasteiger partial charge < -0.3 is 33.5 Å². The van der Waals surface area contributed by atoms with Gasteiger partial charge in [0.2, 0.25) is 11.5 Å². The fraction of sp³-hybridized carbons (Fsp3) is 0.464. The monoisotopic (exact) mass is 500 g/mol. The molecular formula is C28H36O8. The van der Waals surface area contributed by atoms with Crippen molar-refractivity contribution >= 4 is 5.97 Å². The molecule has 1 aliphatic carbocycles. The average molecular weight is 501 g/mol. The highest BCUT2D eigenvalue weighted by molar-refractivity contribution is 5.92. The zero-order valence-electron chi connectivity index (χ0n) is 22.5. The number of fused-ring (bicyclic) bond motifs is 3. The van der Waals surface area contributed by atoms with Crippen molar-refractivity contribution in [2.24, 2.45) is 5.92 Å². The summed E-state index contributed by atoms with van der Waals surface area (Å²) in [4.78, 5) is 12.6. The summed E-state index contributed by atoms with van der Waals surface area (Å²) in [5.74, 6) is 1.58. The quantitative estimate of drug-likeness (QED) is 0.331. The topological polar surface area (TPSA) is 92.7 Å². The summed E-state index contributed by atoms with van der Waals surface area (Å²) in [5.41, 5.74) is 2.40. The molecule has 2 aromatic rings. The molecule has 0 unspecified atom stereocenters. The van der Waals surface area contributed by atoms with Gasteiger partial charge in [0.15, 0.2) is 23.0 Å². The average Bonchev–Trinajstić information content (AvgIpc) is 2.86. The zero-order valence-corrected chi connectivity index (χ0v) is 22.5. The summed E-state index contributed by atoms with van der Waals surface area (Å²) in [5, 5.41) is 11.5. The third-order valence-corrected chi connectivity index (χ3v) is 6.95. The Hall–Kier alpha value is -3.39. The number of carbonyl (C=O) groups excluding carboxylic acids is 1. The van der Waals surface area contributed by atoms with Crippen molar-refractivity contribution in [1.29, 1.82) is 0 Å². The second-order valence-electron chi connectivity index (χ2n) is 9.16. The molecule has 0 saturated heterocycles. The van der Waals surface area contributed by atoms with Crippen LogP contribution in [0.2, 0.25) is 0 Å². The first kappa shape index (κ1) is 27.2. The maximum atomic E-state index is 12.6. The van der Waals surface area contributed by atoms with Crippen molar-refractivity contribution in [1.82, 2.24) is 0 Å². The lowest BCUT2D eigenvalue weighted by Crippen LogP contribution is -2.37. The number of hydrogen-bond donors (Lipinski definition) is 1. The maximum Gasteiger partial charge on any atom is 0.338 e. The molecule has 8 nitrogen and oxygen atoms in total. The molecule has 1 N–H and O–H groups in total. The van der Waals surface area contributed by atoms with Gasteiger partial charge in [0, 0.05) is 23.1 Å². The first-order valence-corrected chi connectivity index (χ1v) is 11.8. The van der Waals surface area contributed by atoms with Gasteiger partial charge in [-0.2, -0.15) is 0 Å². The lowest BCUT2D eigenvalue weighted by Gasteiger charge is -2.36. The second kappa shape index (κ2) is 10.7. The standard InChI is InChI=1S/C28H36O8/c1-10-15(2)27(29)36-20-12-17-11-16(3)28(4,30)14-18-13-19(31-5)23(32-6)26(35-9)22(18)21(17)25(34-8)24(20)33-7/h10,12-13,16,30H,11,14H2,1-9H3/t16-,28-/m0/s1. The lowest BCUT2D eigenvalue weighted by molar-refractivity contribution is -0.130. The summed E-state index contributed by atoms with van der Waals surface area (Å²) < 4.78 is 34.5. The first-order chi connectivity index (χ1) is 17.1. The SMILES string of the molecule is CC=C(C)C(=O)Oc1cc2c(c(OC)c1OC)-c1c(cc(OC)c(OC)c1OC)C[C@](C)(O)[C@@H](C)C2. The third-order valence-electron chi connectivity index (χ3n) is 6.95. The molecule has 8 heteroatoms. The minimum Gasteiger partial charge on any atom is -0.493 e. The number of aliphatic hydroxyl groups is 1. The van der Waals surface area contributed by atoms with Gasteiger partial charge in [0.05, 0.1) is 41.2 Å². The molecular weight excluding hydrogens is 464 g/mol. The lowest BCUT2D eigenvalue weighted by atomic mass is 9.75. The Kier molecular flexibility index (Phi) is 8.09. The minimum absolute atomic E-state index is 0.151. The Balaban J connectivity index is 2.48. The van der Waals surface area contributed by atoms with E-state index >= 15 is 0 Å². The molecule has 0 saturated carbocycles. The molecule has 3 rings (SSSR count). The van der Waals surface area contributed by atoms with Gasteiger partial charge in [-0.3, -0.25) is 0 Å². The molecule has 0 radical (unpaired) electrons. The number of hydrogen-bond acceptors (Lipinski definition) is 8. The van der Waals surface area contributed by atoms with Crippen LogP contribution in [0.15, 0.2) is 23.8 Å². The Bertz CT molecular complexity index is 1180. The molecule has 0 aromatic heterocycles. The first-order valence-electron chi connectivity index (χ1n) is 11.8. The van der Waals surface area contributed by atoms with Crippen LogP contribution < -0.4 is 28.4 Å². The Morgan fingerprint density at radius 2 is 1.39 bits per heavy atom. The van der Waals surface area contributed by atoms with Gasteiger partial charge in [0.25, 0.3) is 0 Å². The van der Waals surface area contributed by atoms with Gasteiger partial charge >= 0.3 is 5.97 Å². The molecule has 0 aliphatic heterocycles. The predicted octanol–water partition coefficient (Wildman–Crippen LogP) is 4.75. The van der Waals surface area contributed by atoms with Crippen LogP contribution in [-0.2, 0) is 17.6 Å². The number of carbonyl (C=O) groups is 1. The van der Waals surface area contributed by atoms with Gasteiger partial charge in [-0.05, 0) is 56.4 Å². The van der Waals surface area contributed by atoms with E-state index in [2.05, 4.69) is 0 Å². The summed E-state index contributed by atoms with van der Waals surface area (Å²) in [6.45, 7) is 7.25. The van der Waals surface area contributed by atoms with Gasteiger partial charge in [0.1, 0.15) is 0 Å². The van der Waals surface area contributed by atoms with E-state index in [1.807, 2.05) is 19.9 Å². The highest BCUT2D eigenvalue weighted by Gasteiger charge is 2.38. The highest BCUT2D eigenvalue weighted by Crippen LogP contribution is 2.56. The summed E-state index contributed by atoms with van der Waals surface area (Å²) in [7, 11) is 7.67. The molecule has 2 atom stereocenters. The normalized spacial score (nSPS) is 19.3. The number of rotatable bonds is 7. The molecule has 0 spiro atoms. The van der Waals surface area contributed by atoms with E-state index in [-0.39, 0.29) is 17.4 Å². The molecule has 0 bridgehead atoms. The van der Waals surface area contributed by atoms with Crippen LogP contribution in [0.4, 0.5) is 0 Å². The summed E-state index contributed by atoms with van der Waals surface area (Å²) in [6, 6.07) is 3.62. The highest BCUT2D eigenvalue weighted by atomic mass is 16.6. The van der Waals surface area contributed by atoms with Crippen molar-refractivity contribution < 1.29 is 38.3 Å². The van der Waals surface area contributed by atoms with Crippen LogP contribution in [0.25, 0.3) is 11.1 Å². The van der Waals surface area contributed by atoms with Crippen molar-refractivity contribution in [3.8, 4) is 45.6 Å². The second-order valence-corrected chi connectivity index (χ2v) is 9.16. The predicted molar refractivity (Wildman–Crippen MR) is 137 cm³/mol. The number of esters is 1. The van der Waals surface area contributed by atoms with Crippen molar-refractivity contribution in [2.75, 3.05) is 35.5 Å². The van der Waals surface area contributed by atoms with Crippen molar-refractivity contribution in [3.05, 3.63) is 34.9 Å². The number of methoxy groups -OCH3 is 5. The van der Waals surface area contributed by atoms with E-state index in [9.17, 15) is 9.90 Å². The van der Waals surface area contributed by atoms with Crippen molar-refractivity contribution in [3.63, 3.8) is 0 Å². The fourth-order valence-corrected chi connectivity index (χ4v) is 4.59. The van der Waals surface area contributed by atoms with Crippen LogP contribution in [0.3, 0.4) is 0 Å². The van der Waals surface area contributed by atoms with Crippen LogP contribution in [0.1, 0.15) is 38.8 Å². The minimum atomic E-state index is -1.05. The molecule has 0 fully saturated rings. The van der Waals surface area contributed by atoms with E-state index in [4.69, 9.17) is 28.4 Å². The molecule has 1 aliphatic rings. The van der Waals surface area contributed by atoms with Gasteiger partial charge in [-0.25, -0.2) is 4.79 Å². The van der Waals surface area contributed by atoms with E-state index in [1.165, 1.54) is 14.2 Å². The smallest absolute Gasteiger partial charge is 0.338 e. The molecule has 196 valence electrons. The van der Waals surface area contributed by atoms with Crippen LogP contribution >= 0.6 is 0 Å². The Morgan fingerprint density at radius 1 is 0.889 bits per heavy atom. The van der Waals surface area contributed by atoms with E-state index in [1.54, 1.807) is 47.3 Å². The fourth-order valence-electron chi connectivity index (χ4n) is 4.59. The Labute approximate surface area is 212 Å². The summed E-state index contributed by atoms with van der Waals surface area (Å²) in [6.07, 6.45) is 2.49. The van der Waals surface area contributed by atoms with Crippen LogP contribution in [0, 0.1) is 5.92 Å². The third kappa shape index (κ3) is 4.69. The van der Waals surface area contributed by atoms with E-state index in [0.29, 0.717) is 52.5 Å². The largest absolute Gasteiger partial charge is 0.493 e. The zero-order chi connectivity index (χ0) is 26.8.